The summed E-state index contributed by atoms with van der Waals surface area (Å²) in [6.45, 7) is 1.94. The molecule has 1 fully saturated rings. The van der Waals surface area contributed by atoms with Gasteiger partial charge in [0.1, 0.15) is 5.82 Å². The molecule has 5 nitrogen and oxygen atoms in total. The van der Waals surface area contributed by atoms with Gasteiger partial charge in [0.15, 0.2) is 0 Å². The van der Waals surface area contributed by atoms with Gasteiger partial charge in [-0.05, 0) is 25.5 Å². The van der Waals surface area contributed by atoms with Crippen LogP contribution < -0.4 is 5.32 Å². The average Bonchev–Trinajstić information content (AvgIpc) is 2.88. The molecule has 0 saturated heterocycles. The number of nitrogens with zero attached hydrogens (tertiary/aromatic N) is 1. The molecule has 1 amide bonds. The fourth-order valence-corrected chi connectivity index (χ4v) is 2.08. The minimum Gasteiger partial charge on any atom is -0.478 e. The number of amides is 1. The smallest absolute Gasteiger partial charge is 0.335 e. The van der Waals surface area contributed by atoms with Gasteiger partial charge in [0.2, 0.25) is 5.91 Å². The van der Waals surface area contributed by atoms with Gasteiger partial charge in [-0.3, -0.25) is 4.79 Å². The summed E-state index contributed by atoms with van der Waals surface area (Å²) < 4.78 is -0.137. The highest BCUT2D eigenvalue weighted by Gasteiger charge is 2.52. The number of rotatable bonds is 3. The van der Waals surface area contributed by atoms with Crippen LogP contribution in [0, 0.1) is 5.92 Å². The van der Waals surface area contributed by atoms with E-state index in [1.165, 1.54) is 18.3 Å². The number of aromatic nitrogens is 1. The lowest BCUT2D eigenvalue weighted by molar-refractivity contribution is -0.117. The predicted octanol–water partition coefficient (Wildman–Crippen LogP) is 1.89. The normalized spacial score (nSPS) is 26.4. The van der Waals surface area contributed by atoms with Crippen molar-refractivity contribution in [1.29, 1.82) is 0 Å². The van der Waals surface area contributed by atoms with E-state index in [0.29, 0.717) is 0 Å². The number of aromatic carboxylic acids is 1. The van der Waals surface area contributed by atoms with Crippen molar-refractivity contribution in [2.45, 2.75) is 17.7 Å². The summed E-state index contributed by atoms with van der Waals surface area (Å²) in [5.41, 5.74) is 0.104. The zero-order valence-electron chi connectivity index (χ0n) is 9.11. The Bertz CT molecular complexity index is 487. The van der Waals surface area contributed by atoms with E-state index in [0.717, 1.165) is 6.42 Å². The Labute approximate surface area is 106 Å². The quantitative estimate of drug-likeness (QED) is 0.835. The first-order chi connectivity index (χ1) is 7.90. The van der Waals surface area contributed by atoms with Crippen LogP contribution >= 0.6 is 15.9 Å². The monoisotopic (exact) mass is 298 g/mol. The topological polar surface area (TPSA) is 79.3 Å². The predicted molar refractivity (Wildman–Crippen MR) is 65.3 cm³/mol. The highest BCUT2D eigenvalue weighted by molar-refractivity contribution is 9.10. The fraction of sp³-hybridized carbons (Fsp3) is 0.364. The maximum atomic E-state index is 11.7. The first-order valence-corrected chi connectivity index (χ1v) is 5.88. The molecule has 2 unspecified atom stereocenters. The number of carbonyl (C=O) groups excluding carboxylic acids is 1. The number of hydrogen-bond donors (Lipinski definition) is 2. The molecule has 1 aromatic heterocycles. The third kappa shape index (κ3) is 2.63. The number of alkyl halides is 1. The van der Waals surface area contributed by atoms with E-state index >= 15 is 0 Å². The Morgan fingerprint density at radius 1 is 1.65 bits per heavy atom. The van der Waals surface area contributed by atoms with E-state index in [1.807, 2.05) is 6.92 Å². The molecule has 90 valence electrons. The number of nitrogens with one attached hydrogen (secondary N) is 1. The van der Waals surface area contributed by atoms with Gasteiger partial charge in [0, 0.05) is 10.5 Å². The second-order valence-electron chi connectivity index (χ2n) is 4.26. The summed E-state index contributed by atoms with van der Waals surface area (Å²) in [4.78, 5) is 26.4. The maximum Gasteiger partial charge on any atom is 0.335 e. The summed E-state index contributed by atoms with van der Waals surface area (Å²) in [7, 11) is 0. The van der Waals surface area contributed by atoms with Crippen LogP contribution in [0.15, 0.2) is 18.3 Å². The van der Waals surface area contributed by atoms with Crippen molar-refractivity contribution in [1.82, 2.24) is 4.98 Å². The summed E-state index contributed by atoms with van der Waals surface area (Å²) in [6, 6.07) is 2.72. The fourth-order valence-electron chi connectivity index (χ4n) is 1.55. The molecule has 0 radical (unpaired) electrons. The van der Waals surface area contributed by atoms with E-state index in [1.54, 1.807) is 0 Å². The number of halogens is 1. The molecule has 1 aliphatic carbocycles. The van der Waals surface area contributed by atoms with Crippen LogP contribution in [-0.4, -0.2) is 26.3 Å². The molecule has 2 atom stereocenters. The molecule has 0 aromatic carbocycles. The Morgan fingerprint density at radius 2 is 2.29 bits per heavy atom. The van der Waals surface area contributed by atoms with Crippen LogP contribution in [0.2, 0.25) is 0 Å². The molecule has 1 aliphatic rings. The lowest BCUT2D eigenvalue weighted by Crippen LogP contribution is -2.18. The Kier molecular flexibility index (Phi) is 2.91. The second-order valence-corrected chi connectivity index (χ2v) is 6.07. The molecular formula is C11H11BrN2O3. The first kappa shape index (κ1) is 12.0. The number of pyridine rings is 1. The highest BCUT2D eigenvalue weighted by atomic mass is 79.9. The lowest BCUT2D eigenvalue weighted by Gasteiger charge is -2.05. The standard InChI is InChI=1S/C11H11BrN2O3/c1-11(12)5-7(11)9(15)14-8-4-6(10(16)17)2-3-13-8/h2-4,7H,5H2,1H3,(H,16,17)(H,13,14,15). The summed E-state index contributed by atoms with van der Waals surface area (Å²) >= 11 is 3.43. The van der Waals surface area contributed by atoms with E-state index < -0.39 is 5.97 Å². The average molecular weight is 299 g/mol. The molecule has 1 heterocycles. The van der Waals surface area contributed by atoms with Crippen molar-refractivity contribution < 1.29 is 14.7 Å². The van der Waals surface area contributed by atoms with Gasteiger partial charge < -0.3 is 10.4 Å². The van der Waals surface area contributed by atoms with Crippen molar-refractivity contribution in [2.75, 3.05) is 5.32 Å². The first-order valence-electron chi connectivity index (χ1n) is 5.09. The van der Waals surface area contributed by atoms with Gasteiger partial charge >= 0.3 is 5.97 Å². The van der Waals surface area contributed by atoms with Gasteiger partial charge in [0.05, 0.1) is 11.5 Å². The molecule has 1 saturated carbocycles. The van der Waals surface area contributed by atoms with Crippen molar-refractivity contribution in [3.05, 3.63) is 23.9 Å². The number of anilines is 1. The minimum atomic E-state index is -1.04. The number of carboxylic acids is 1. The van der Waals surface area contributed by atoms with E-state index in [-0.39, 0.29) is 27.5 Å². The van der Waals surface area contributed by atoms with E-state index in [9.17, 15) is 9.59 Å². The van der Waals surface area contributed by atoms with Crippen LogP contribution in [0.3, 0.4) is 0 Å². The molecule has 2 N–H and O–H groups in total. The number of carbonyl (C=O) groups is 2. The van der Waals surface area contributed by atoms with E-state index in [4.69, 9.17) is 5.11 Å². The summed E-state index contributed by atoms with van der Waals surface area (Å²) in [5, 5.41) is 11.4. The molecule has 1 aromatic rings. The molecule has 2 rings (SSSR count). The lowest BCUT2D eigenvalue weighted by atomic mass is 10.2. The van der Waals surface area contributed by atoms with E-state index in [2.05, 4.69) is 26.2 Å². The Hall–Kier alpha value is -1.43. The van der Waals surface area contributed by atoms with Crippen LogP contribution in [-0.2, 0) is 4.79 Å². The van der Waals surface area contributed by atoms with Gasteiger partial charge in [-0.25, -0.2) is 9.78 Å². The highest BCUT2D eigenvalue weighted by Crippen LogP contribution is 2.51. The molecule has 0 spiro atoms. The maximum absolute atomic E-state index is 11.7. The Morgan fingerprint density at radius 3 is 2.82 bits per heavy atom. The van der Waals surface area contributed by atoms with Gasteiger partial charge in [-0.1, -0.05) is 15.9 Å². The molecular weight excluding hydrogens is 288 g/mol. The van der Waals surface area contributed by atoms with Crippen molar-refractivity contribution in [3.8, 4) is 0 Å². The third-order valence-electron chi connectivity index (χ3n) is 2.74. The van der Waals surface area contributed by atoms with Gasteiger partial charge in [-0.2, -0.15) is 0 Å². The van der Waals surface area contributed by atoms with Crippen LogP contribution in [0.1, 0.15) is 23.7 Å². The van der Waals surface area contributed by atoms with Crippen molar-refractivity contribution in [2.24, 2.45) is 5.92 Å². The minimum absolute atomic E-state index is 0.0854. The summed E-state index contributed by atoms with van der Waals surface area (Å²) in [6.07, 6.45) is 2.14. The third-order valence-corrected chi connectivity index (χ3v) is 3.62. The molecule has 0 bridgehead atoms. The van der Waals surface area contributed by atoms with Crippen molar-refractivity contribution in [3.63, 3.8) is 0 Å². The molecule has 17 heavy (non-hydrogen) atoms. The molecule has 6 heteroatoms. The largest absolute Gasteiger partial charge is 0.478 e. The van der Waals surface area contributed by atoms with Gasteiger partial charge in [0.25, 0.3) is 0 Å². The zero-order chi connectivity index (χ0) is 12.6. The van der Waals surface area contributed by atoms with Crippen molar-refractivity contribution >= 4 is 33.6 Å². The summed E-state index contributed by atoms with van der Waals surface area (Å²) in [5.74, 6) is -0.998. The Balaban J connectivity index is 2.07. The van der Waals surface area contributed by atoms with Gasteiger partial charge in [-0.15, -0.1) is 0 Å². The van der Waals surface area contributed by atoms with Crippen LogP contribution in [0.4, 0.5) is 5.82 Å². The number of carboxylic acid groups (broad SMARTS) is 1. The van der Waals surface area contributed by atoms with Crippen LogP contribution in [0.5, 0.6) is 0 Å². The van der Waals surface area contributed by atoms with Crippen LogP contribution in [0.25, 0.3) is 0 Å². The SMILES string of the molecule is CC1(Br)CC1C(=O)Nc1cc(C(=O)O)ccn1. The number of hydrogen-bond acceptors (Lipinski definition) is 3. The molecule has 0 aliphatic heterocycles. The zero-order valence-corrected chi connectivity index (χ0v) is 10.7. The second kappa shape index (κ2) is 4.10.